The number of fused-ring (bicyclic) bond motifs is 1. The van der Waals surface area contributed by atoms with Crippen LogP contribution in [0.3, 0.4) is 0 Å². The molecular weight excluding hydrogens is 352 g/mol. The summed E-state index contributed by atoms with van der Waals surface area (Å²) in [5, 5.41) is 16.8. The third kappa shape index (κ3) is 2.90. The van der Waals surface area contributed by atoms with Crippen molar-refractivity contribution in [3.05, 3.63) is 40.4 Å². The first-order valence-corrected chi connectivity index (χ1v) is 8.03. The first kappa shape index (κ1) is 18.4. The number of aromatic nitrogens is 2. The van der Waals surface area contributed by atoms with Crippen molar-refractivity contribution in [3.63, 3.8) is 0 Å². The molecule has 9 nitrogen and oxygen atoms in total. The van der Waals surface area contributed by atoms with E-state index in [1.807, 2.05) is 0 Å². The van der Waals surface area contributed by atoms with Gasteiger partial charge in [-0.2, -0.15) is 5.26 Å². The molecule has 0 unspecified atom stereocenters. The van der Waals surface area contributed by atoms with Gasteiger partial charge in [0.05, 0.1) is 45.1 Å². The zero-order chi connectivity index (χ0) is 19.6. The van der Waals surface area contributed by atoms with Gasteiger partial charge in [-0.1, -0.05) is 6.07 Å². The highest BCUT2D eigenvalue weighted by molar-refractivity contribution is 5.64. The van der Waals surface area contributed by atoms with E-state index in [1.165, 1.54) is 21.3 Å². The van der Waals surface area contributed by atoms with Gasteiger partial charge < -0.3 is 29.4 Å². The van der Waals surface area contributed by atoms with E-state index in [2.05, 4.69) is 16.3 Å². The maximum atomic E-state index is 9.74. The van der Waals surface area contributed by atoms with Crippen molar-refractivity contribution < 1.29 is 23.7 Å². The second kappa shape index (κ2) is 7.47. The van der Waals surface area contributed by atoms with Crippen LogP contribution in [-0.4, -0.2) is 38.6 Å². The highest BCUT2D eigenvalue weighted by atomic mass is 16.5. The number of H-pyrrole nitrogens is 1. The fraction of sp³-hybridized carbons (Fsp3) is 0.333. The molecule has 0 saturated heterocycles. The van der Waals surface area contributed by atoms with Gasteiger partial charge in [0.1, 0.15) is 11.6 Å². The number of benzene rings is 1. The molecule has 0 aliphatic carbocycles. The molecule has 0 amide bonds. The average molecular weight is 372 g/mol. The van der Waals surface area contributed by atoms with Crippen LogP contribution in [0.4, 0.5) is 0 Å². The highest BCUT2D eigenvalue weighted by Crippen LogP contribution is 2.50. The lowest BCUT2D eigenvalue weighted by atomic mass is 9.83. The number of allylic oxidation sites excluding steroid dienone is 1. The molecule has 27 heavy (non-hydrogen) atoms. The number of rotatable bonds is 6. The molecule has 1 aliphatic rings. The standard InChI is InChI=1S/C18H20N4O5/c1-23-8-11-14-13(10(7-19)17(20)27-18(14)22-21-11)9-5-6-12(24-2)16(26-4)15(9)25-3/h5-6,13H,8,20H2,1-4H3,(H,21,22)/t13-/m0/s1. The number of nitrogens with two attached hydrogens (primary N) is 1. The van der Waals surface area contributed by atoms with Crippen molar-refractivity contribution in [3.8, 4) is 29.2 Å². The van der Waals surface area contributed by atoms with Crippen LogP contribution >= 0.6 is 0 Å². The Kier molecular flexibility index (Phi) is 5.09. The lowest BCUT2D eigenvalue weighted by Crippen LogP contribution is -2.22. The van der Waals surface area contributed by atoms with E-state index in [0.717, 1.165) is 0 Å². The Morgan fingerprint density at radius 3 is 2.52 bits per heavy atom. The Balaban J connectivity index is 2.30. The maximum Gasteiger partial charge on any atom is 0.244 e. The van der Waals surface area contributed by atoms with Crippen LogP contribution in [0.5, 0.6) is 23.1 Å². The van der Waals surface area contributed by atoms with Crippen LogP contribution in [0.1, 0.15) is 22.7 Å². The van der Waals surface area contributed by atoms with Crippen molar-refractivity contribution in [1.82, 2.24) is 10.2 Å². The van der Waals surface area contributed by atoms with Crippen molar-refractivity contribution in [2.45, 2.75) is 12.5 Å². The minimum atomic E-state index is -0.572. The molecule has 2 heterocycles. The first-order valence-electron chi connectivity index (χ1n) is 8.03. The van der Waals surface area contributed by atoms with E-state index in [4.69, 9.17) is 29.4 Å². The molecule has 1 aliphatic heterocycles. The van der Waals surface area contributed by atoms with Crippen LogP contribution < -0.4 is 24.7 Å². The summed E-state index contributed by atoms with van der Waals surface area (Å²) in [7, 11) is 6.14. The summed E-state index contributed by atoms with van der Waals surface area (Å²) >= 11 is 0. The Hall–Kier alpha value is -3.38. The van der Waals surface area contributed by atoms with Gasteiger partial charge in [0.2, 0.25) is 17.5 Å². The summed E-state index contributed by atoms with van der Waals surface area (Å²) in [6.07, 6.45) is 0. The molecule has 3 rings (SSSR count). The van der Waals surface area contributed by atoms with E-state index < -0.39 is 5.92 Å². The summed E-state index contributed by atoms with van der Waals surface area (Å²) in [6, 6.07) is 5.68. The molecule has 2 aromatic rings. The molecular formula is C18H20N4O5. The summed E-state index contributed by atoms with van der Waals surface area (Å²) in [5.41, 5.74) is 8.23. The molecule has 0 spiro atoms. The number of nitriles is 1. The zero-order valence-corrected chi connectivity index (χ0v) is 15.5. The highest BCUT2D eigenvalue weighted by Gasteiger charge is 2.37. The van der Waals surface area contributed by atoms with E-state index in [-0.39, 0.29) is 18.1 Å². The Morgan fingerprint density at radius 2 is 1.93 bits per heavy atom. The summed E-state index contributed by atoms with van der Waals surface area (Å²) in [4.78, 5) is 0. The molecule has 0 radical (unpaired) electrons. The van der Waals surface area contributed by atoms with Crippen LogP contribution in [0.15, 0.2) is 23.6 Å². The van der Waals surface area contributed by atoms with Gasteiger partial charge in [0, 0.05) is 12.7 Å². The molecule has 3 N–H and O–H groups in total. The summed E-state index contributed by atoms with van der Waals surface area (Å²) in [5.74, 6) is 1.06. The molecule has 0 fully saturated rings. The van der Waals surface area contributed by atoms with Gasteiger partial charge in [-0.25, -0.2) is 0 Å². The van der Waals surface area contributed by atoms with Crippen LogP contribution in [0, 0.1) is 11.3 Å². The molecule has 1 atom stereocenters. The lowest BCUT2D eigenvalue weighted by Gasteiger charge is -2.26. The van der Waals surface area contributed by atoms with Crippen molar-refractivity contribution in [1.29, 1.82) is 5.26 Å². The number of nitrogens with zero attached hydrogens (tertiary/aromatic N) is 2. The summed E-state index contributed by atoms with van der Waals surface area (Å²) < 4.78 is 27.2. The number of ether oxygens (including phenoxy) is 5. The van der Waals surface area contributed by atoms with Crippen LogP contribution in [-0.2, 0) is 11.3 Å². The minimum Gasteiger partial charge on any atom is -0.493 e. The van der Waals surface area contributed by atoms with E-state index in [9.17, 15) is 5.26 Å². The topological polar surface area (TPSA) is 125 Å². The second-order valence-electron chi connectivity index (χ2n) is 5.70. The number of nitrogens with one attached hydrogen (secondary N) is 1. The Bertz CT molecular complexity index is 929. The predicted octanol–water partition coefficient (Wildman–Crippen LogP) is 1.80. The quantitative estimate of drug-likeness (QED) is 0.786. The fourth-order valence-corrected chi connectivity index (χ4v) is 3.23. The van der Waals surface area contributed by atoms with Gasteiger partial charge in [-0.15, -0.1) is 5.10 Å². The van der Waals surface area contributed by atoms with Crippen molar-refractivity contribution in [2.75, 3.05) is 28.4 Å². The largest absolute Gasteiger partial charge is 0.493 e. The van der Waals surface area contributed by atoms with E-state index in [0.29, 0.717) is 39.9 Å². The molecule has 1 aromatic carbocycles. The fourth-order valence-electron chi connectivity index (χ4n) is 3.23. The molecule has 0 saturated carbocycles. The normalized spacial score (nSPS) is 15.6. The average Bonchev–Trinajstić information content (AvgIpc) is 3.08. The van der Waals surface area contributed by atoms with Gasteiger partial charge in [0.25, 0.3) is 0 Å². The SMILES string of the molecule is COCc1[nH]nc2c1[C@@H](c1ccc(OC)c(OC)c1OC)C(C#N)=C(N)O2. The third-order valence-electron chi connectivity index (χ3n) is 4.35. The molecule has 142 valence electrons. The van der Waals surface area contributed by atoms with Gasteiger partial charge >= 0.3 is 0 Å². The first-order chi connectivity index (χ1) is 13.1. The van der Waals surface area contributed by atoms with Crippen molar-refractivity contribution >= 4 is 0 Å². The monoisotopic (exact) mass is 372 g/mol. The van der Waals surface area contributed by atoms with Crippen LogP contribution in [0.2, 0.25) is 0 Å². The molecule has 0 bridgehead atoms. The van der Waals surface area contributed by atoms with E-state index >= 15 is 0 Å². The van der Waals surface area contributed by atoms with Crippen molar-refractivity contribution in [2.24, 2.45) is 5.73 Å². The number of aromatic amines is 1. The van der Waals surface area contributed by atoms with Gasteiger partial charge in [-0.05, 0) is 6.07 Å². The molecule has 9 heteroatoms. The maximum absolute atomic E-state index is 9.74. The molecule has 1 aromatic heterocycles. The summed E-state index contributed by atoms with van der Waals surface area (Å²) in [6.45, 7) is 0.260. The third-order valence-corrected chi connectivity index (χ3v) is 4.35. The Morgan fingerprint density at radius 1 is 1.19 bits per heavy atom. The Labute approximate surface area is 156 Å². The lowest BCUT2D eigenvalue weighted by molar-refractivity contribution is 0.180. The van der Waals surface area contributed by atoms with Gasteiger partial charge in [0.15, 0.2) is 11.5 Å². The second-order valence-corrected chi connectivity index (χ2v) is 5.70. The van der Waals surface area contributed by atoms with Crippen LogP contribution in [0.25, 0.3) is 0 Å². The van der Waals surface area contributed by atoms with E-state index in [1.54, 1.807) is 19.2 Å². The van der Waals surface area contributed by atoms with Gasteiger partial charge in [-0.3, -0.25) is 5.10 Å². The number of hydrogen-bond donors (Lipinski definition) is 2. The minimum absolute atomic E-state index is 0.0118. The smallest absolute Gasteiger partial charge is 0.244 e. The predicted molar refractivity (Wildman–Crippen MR) is 94.7 cm³/mol. The number of hydrogen-bond acceptors (Lipinski definition) is 8. The number of methoxy groups -OCH3 is 4. The zero-order valence-electron chi connectivity index (χ0n) is 15.5.